The van der Waals surface area contributed by atoms with Gasteiger partial charge >= 0.3 is 18.3 Å². The average molecular weight is 444 g/mol. The summed E-state index contributed by atoms with van der Waals surface area (Å²) in [5, 5.41) is 12.8. The third-order valence-electron chi connectivity index (χ3n) is 4.85. The van der Waals surface area contributed by atoms with Crippen LogP contribution in [0.25, 0.3) is 11.0 Å². The maximum atomic E-state index is 14.1. The number of benzene rings is 1. The molecule has 1 unspecified atom stereocenters. The summed E-state index contributed by atoms with van der Waals surface area (Å²) in [4.78, 5) is 19.7. The molecule has 0 saturated heterocycles. The topological polar surface area (TPSA) is 84.9 Å². The summed E-state index contributed by atoms with van der Waals surface area (Å²) in [5.74, 6) is -1.41. The summed E-state index contributed by atoms with van der Waals surface area (Å²) in [5.41, 5.74) is -6.11. The Bertz CT molecular complexity index is 1210. The zero-order valence-electron chi connectivity index (χ0n) is 15.1. The molecule has 0 radical (unpaired) electrons. The lowest BCUT2D eigenvalue weighted by atomic mass is 9.85. The molecule has 31 heavy (non-hydrogen) atoms. The second-order valence-corrected chi connectivity index (χ2v) is 6.70. The monoisotopic (exact) mass is 444 g/mol. The number of oxime groups is 1. The molecular weight excluding hydrogens is 434 g/mol. The summed E-state index contributed by atoms with van der Waals surface area (Å²) in [6.07, 6.45) is -8.80. The van der Waals surface area contributed by atoms with Crippen molar-refractivity contribution < 1.29 is 45.5 Å². The van der Waals surface area contributed by atoms with Gasteiger partial charge in [-0.05, 0) is 18.2 Å². The number of alkyl halides is 6. The van der Waals surface area contributed by atoms with Crippen LogP contribution in [0.1, 0.15) is 33.6 Å². The Morgan fingerprint density at radius 2 is 1.87 bits per heavy atom. The number of nitrogens with zero attached hydrogens (tertiary/aromatic N) is 2. The van der Waals surface area contributed by atoms with Crippen LogP contribution < -0.4 is 0 Å². The molecule has 0 fully saturated rings. The zero-order chi connectivity index (χ0) is 22.6. The molecule has 1 aromatic carbocycles. The molecule has 3 heterocycles. The third-order valence-corrected chi connectivity index (χ3v) is 4.85. The maximum absolute atomic E-state index is 14.1. The van der Waals surface area contributed by atoms with Crippen LogP contribution >= 0.6 is 0 Å². The van der Waals surface area contributed by atoms with Crippen LogP contribution in [0.5, 0.6) is 0 Å². The van der Waals surface area contributed by atoms with Crippen molar-refractivity contribution in [3.05, 3.63) is 65.2 Å². The molecule has 3 aromatic rings. The standard InChI is InChI=1S/C19H10F6N2O4/c20-18(21,22)10-3-1-2-9(6-10)17(19(23,24)25)7-13(27-31-17)12-8-26-14(16(28)29)15-11(12)4-5-30-15/h1-6,8H,7H2,(H,28,29). The van der Waals surface area contributed by atoms with E-state index in [0.717, 1.165) is 24.6 Å². The van der Waals surface area contributed by atoms with E-state index in [2.05, 4.69) is 10.1 Å². The summed E-state index contributed by atoms with van der Waals surface area (Å²) >= 11 is 0. The molecule has 0 aliphatic carbocycles. The van der Waals surface area contributed by atoms with Gasteiger partial charge in [0.2, 0.25) is 0 Å². The van der Waals surface area contributed by atoms with Crippen molar-refractivity contribution in [2.24, 2.45) is 5.16 Å². The smallest absolute Gasteiger partial charge is 0.435 e. The first-order valence-electron chi connectivity index (χ1n) is 8.53. The lowest BCUT2D eigenvalue weighted by Gasteiger charge is -2.30. The van der Waals surface area contributed by atoms with Crippen LogP contribution in [-0.4, -0.2) is 27.9 Å². The fraction of sp³-hybridized carbons (Fsp3) is 0.211. The van der Waals surface area contributed by atoms with Gasteiger partial charge in [-0.15, -0.1) is 0 Å². The molecule has 0 bridgehead atoms. The number of aromatic nitrogens is 1. The van der Waals surface area contributed by atoms with E-state index in [0.29, 0.717) is 12.1 Å². The van der Waals surface area contributed by atoms with Gasteiger partial charge in [-0.25, -0.2) is 9.78 Å². The van der Waals surface area contributed by atoms with Gasteiger partial charge in [0.1, 0.15) is 0 Å². The lowest BCUT2D eigenvalue weighted by Crippen LogP contribution is -2.42. The van der Waals surface area contributed by atoms with Crippen LogP contribution in [0, 0.1) is 0 Å². The number of carbonyl (C=O) groups is 1. The molecule has 0 saturated carbocycles. The number of aromatic carboxylic acids is 1. The van der Waals surface area contributed by atoms with Crippen LogP contribution in [0.4, 0.5) is 26.3 Å². The van der Waals surface area contributed by atoms with Gasteiger partial charge in [-0.2, -0.15) is 26.3 Å². The quantitative estimate of drug-likeness (QED) is 0.567. The van der Waals surface area contributed by atoms with Gasteiger partial charge in [-0.1, -0.05) is 17.3 Å². The van der Waals surface area contributed by atoms with Gasteiger partial charge in [-0.3, -0.25) is 0 Å². The van der Waals surface area contributed by atoms with E-state index >= 15 is 0 Å². The van der Waals surface area contributed by atoms with Crippen LogP contribution in [0.2, 0.25) is 0 Å². The van der Waals surface area contributed by atoms with Crippen molar-refractivity contribution >= 4 is 22.7 Å². The van der Waals surface area contributed by atoms with Gasteiger partial charge in [0.25, 0.3) is 5.60 Å². The number of pyridine rings is 1. The Kier molecular flexibility index (Phi) is 4.49. The molecule has 12 heteroatoms. The molecule has 1 atom stereocenters. The average Bonchev–Trinajstić information content (AvgIpc) is 3.34. The Hall–Kier alpha value is -3.57. The highest BCUT2D eigenvalue weighted by Crippen LogP contribution is 2.50. The van der Waals surface area contributed by atoms with E-state index in [9.17, 15) is 31.1 Å². The molecule has 0 amide bonds. The lowest BCUT2D eigenvalue weighted by molar-refractivity contribution is -0.276. The molecule has 162 valence electrons. The zero-order valence-corrected chi connectivity index (χ0v) is 15.1. The van der Waals surface area contributed by atoms with Crippen molar-refractivity contribution in [1.82, 2.24) is 4.98 Å². The number of hydrogen-bond donors (Lipinski definition) is 1. The SMILES string of the molecule is O=C(O)c1ncc(C2=NOC(c3cccc(C(F)(F)F)c3)(C(F)(F)F)C2)c2ccoc12. The van der Waals surface area contributed by atoms with Gasteiger partial charge in [0.05, 0.1) is 24.0 Å². The minimum atomic E-state index is -5.12. The van der Waals surface area contributed by atoms with E-state index in [1.807, 2.05) is 0 Å². The van der Waals surface area contributed by atoms with E-state index in [4.69, 9.17) is 14.4 Å². The summed E-state index contributed by atoms with van der Waals surface area (Å²) < 4.78 is 86.4. The molecule has 1 aliphatic rings. The minimum absolute atomic E-state index is 0.00634. The van der Waals surface area contributed by atoms with Crippen LogP contribution in [0.3, 0.4) is 0 Å². The van der Waals surface area contributed by atoms with Gasteiger partial charge in [0, 0.05) is 22.7 Å². The fourth-order valence-corrected chi connectivity index (χ4v) is 3.34. The largest absolute Gasteiger partial charge is 0.476 e. The Labute approximate surface area is 168 Å². The summed E-state index contributed by atoms with van der Waals surface area (Å²) in [6.45, 7) is 0. The second-order valence-electron chi connectivity index (χ2n) is 6.70. The number of fused-ring (bicyclic) bond motifs is 1. The first-order valence-corrected chi connectivity index (χ1v) is 8.53. The van der Waals surface area contributed by atoms with Gasteiger partial charge < -0.3 is 14.4 Å². The number of halogens is 6. The molecule has 2 aromatic heterocycles. The van der Waals surface area contributed by atoms with Gasteiger partial charge in [0.15, 0.2) is 11.3 Å². The van der Waals surface area contributed by atoms with Crippen molar-refractivity contribution in [3.63, 3.8) is 0 Å². The highest BCUT2D eigenvalue weighted by Gasteiger charge is 2.62. The van der Waals surface area contributed by atoms with Crippen molar-refractivity contribution in [2.45, 2.75) is 24.4 Å². The van der Waals surface area contributed by atoms with E-state index < -0.39 is 47.2 Å². The van der Waals surface area contributed by atoms with Crippen LogP contribution in [-0.2, 0) is 16.6 Å². The first-order chi connectivity index (χ1) is 14.4. The van der Waals surface area contributed by atoms with Crippen LogP contribution in [0.15, 0.2) is 52.4 Å². The number of hydrogen-bond acceptors (Lipinski definition) is 5. The van der Waals surface area contributed by atoms with Crippen molar-refractivity contribution in [3.8, 4) is 0 Å². The Balaban J connectivity index is 1.80. The molecule has 1 aliphatic heterocycles. The van der Waals surface area contributed by atoms with E-state index in [1.54, 1.807) is 0 Å². The molecule has 6 nitrogen and oxygen atoms in total. The van der Waals surface area contributed by atoms with Crippen molar-refractivity contribution in [1.29, 1.82) is 0 Å². The van der Waals surface area contributed by atoms with E-state index in [1.165, 1.54) is 6.07 Å². The number of furan rings is 1. The Morgan fingerprint density at radius 3 is 2.52 bits per heavy atom. The highest BCUT2D eigenvalue weighted by molar-refractivity contribution is 6.13. The summed E-state index contributed by atoms with van der Waals surface area (Å²) in [6, 6.07) is 4.06. The molecule has 4 rings (SSSR count). The molecular formula is C19H10F6N2O4. The maximum Gasteiger partial charge on any atom is 0.435 e. The molecule has 1 N–H and O–H groups in total. The second kappa shape index (κ2) is 6.72. The van der Waals surface area contributed by atoms with Crippen molar-refractivity contribution in [2.75, 3.05) is 0 Å². The normalized spacial score (nSPS) is 19.4. The number of carboxylic acid groups (broad SMARTS) is 1. The predicted molar refractivity (Wildman–Crippen MR) is 92.4 cm³/mol. The fourth-order valence-electron chi connectivity index (χ4n) is 3.34. The van der Waals surface area contributed by atoms with E-state index in [-0.39, 0.29) is 22.2 Å². The minimum Gasteiger partial charge on any atom is -0.476 e. The molecule has 0 spiro atoms. The third kappa shape index (κ3) is 3.27. The summed E-state index contributed by atoms with van der Waals surface area (Å²) in [7, 11) is 0. The first kappa shape index (κ1) is 20.7. The Morgan fingerprint density at radius 1 is 1.13 bits per heavy atom. The highest BCUT2D eigenvalue weighted by atomic mass is 19.4. The number of rotatable bonds is 3. The number of carboxylic acids is 1. The predicted octanol–water partition coefficient (Wildman–Crippen LogP) is 5.13.